The largest absolute Gasteiger partial charge is 0.368 e. The Kier molecular flexibility index (Phi) is 13.6. The van der Waals surface area contributed by atoms with Crippen LogP contribution in [0.25, 0.3) is 0 Å². The maximum Gasteiger partial charge on any atom is 0.246 e. The molecular weight excluding hydrogens is 642 g/mol. The summed E-state index contributed by atoms with van der Waals surface area (Å²) in [5.74, 6) is -2.44. The molecule has 10 nitrogen and oxygen atoms in total. The Hall–Kier alpha value is -5.77. The van der Waals surface area contributed by atoms with Gasteiger partial charge in [-0.3, -0.25) is 24.0 Å². The zero-order valence-electron chi connectivity index (χ0n) is 29.6. The SMILES string of the molecule is CC(=O)N[C@@H](Cc1ccccc1)C(=O)N(C)[C@@H](Cc1ccccc1)C(=O)N(C)[C@@H](Cc1ccccc1)C(=O)N(C)[C@@H](Cc1ccccc1)C(N)=O. The van der Waals surface area contributed by atoms with Crippen molar-refractivity contribution in [1.82, 2.24) is 20.0 Å². The first-order chi connectivity index (χ1) is 24.5. The van der Waals surface area contributed by atoms with E-state index in [0.717, 1.165) is 22.3 Å². The molecule has 0 aliphatic rings. The second-order valence-corrected chi connectivity index (χ2v) is 12.8. The third kappa shape index (κ3) is 10.6. The molecule has 51 heavy (non-hydrogen) atoms. The quantitative estimate of drug-likeness (QED) is 0.186. The lowest BCUT2D eigenvalue weighted by molar-refractivity contribution is -0.152. The molecule has 4 aromatic rings. The first-order valence-electron chi connectivity index (χ1n) is 17.0. The van der Waals surface area contributed by atoms with Gasteiger partial charge in [-0.2, -0.15) is 0 Å². The van der Waals surface area contributed by atoms with Crippen LogP contribution in [0.4, 0.5) is 0 Å². The van der Waals surface area contributed by atoms with Gasteiger partial charge >= 0.3 is 0 Å². The second kappa shape index (κ2) is 18.3. The average molecular weight is 690 g/mol. The average Bonchev–Trinajstić information content (AvgIpc) is 3.14. The van der Waals surface area contributed by atoms with Gasteiger partial charge in [0.15, 0.2) is 0 Å². The van der Waals surface area contributed by atoms with Gasteiger partial charge in [-0.25, -0.2) is 0 Å². The summed E-state index contributed by atoms with van der Waals surface area (Å²) in [5.41, 5.74) is 9.14. The molecule has 0 bridgehead atoms. The number of carbonyl (C=O) groups excluding carboxylic acids is 5. The van der Waals surface area contributed by atoms with Gasteiger partial charge in [-0.15, -0.1) is 0 Å². The highest BCUT2D eigenvalue weighted by Crippen LogP contribution is 2.19. The Morgan fingerprint density at radius 3 is 1.12 bits per heavy atom. The molecule has 4 aromatic carbocycles. The lowest BCUT2D eigenvalue weighted by Gasteiger charge is -2.38. The Morgan fingerprint density at radius 2 is 0.784 bits per heavy atom. The van der Waals surface area contributed by atoms with Gasteiger partial charge in [-0.05, 0) is 22.3 Å². The van der Waals surface area contributed by atoms with Crippen LogP contribution in [0.3, 0.4) is 0 Å². The highest BCUT2D eigenvalue weighted by molar-refractivity contribution is 5.95. The van der Waals surface area contributed by atoms with Crippen LogP contribution in [0.5, 0.6) is 0 Å². The summed E-state index contributed by atoms with van der Waals surface area (Å²) in [6.07, 6.45) is 0.737. The van der Waals surface area contributed by atoms with Crippen LogP contribution in [0.2, 0.25) is 0 Å². The van der Waals surface area contributed by atoms with E-state index < -0.39 is 47.8 Å². The van der Waals surface area contributed by atoms with Gasteiger partial charge in [0.2, 0.25) is 29.5 Å². The third-order valence-electron chi connectivity index (χ3n) is 9.12. The molecule has 3 N–H and O–H groups in total. The Bertz CT molecular complexity index is 1750. The molecule has 0 unspecified atom stereocenters. The standard InChI is InChI=1S/C41H47N5O5/c1-29(47)43-34(25-30-17-9-5-10-18-30)39(49)45(3)36(27-32-21-13-7-14-22-32)41(51)46(4)37(28-33-23-15-8-16-24-33)40(50)44(2)35(38(42)48)26-31-19-11-6-12-20-31/h5-24,34-37H,25-28H2,1-4H3,(H2,42,48)(H,43,47)/t34-,35-,36-,37-/m0/s1. The number of primary amides is 1. The minimum absolute atomic E-state index is 0.154. The molecule has 4 atom stereocenters. The predicted octanol–water partition coefficient (Wildman–Crippen LogP) is 3.43. The Morgan fingerprint density at radius 1 is 0.490 bits per heavy atom. The van der Waals surface area contributed by atoms with Crippen molar-refractivity contribution in [2.75, 3.05) is 21.1 Å². The van der Waals surface area contributed by atoms with Crippen molar-refractivity contribution < 1.29 is 24.0 Å². The van der Waals surface area contributed by atoms with Crippen molar-refractivity contribution >= 4 is 29.5 Å². The fourth-order valence-electron chi connectivity index (χ4n) is 6.19. The molecule has 0 heterocycles. The smallest absolute Gasteiger partial charge is 0.246 e. The fraction of sp³-hybridized carbons (Fsp3) is 0.293. The van der Waals surface area contributed by atoms with E-state index in [0.29, 0.717) is 0 Å². The van der Waals surface area contributed by atoms with Crippen LogP contribution in [0, 0.1) is 0 Å². The van der Waals surface area contributed by atoms with E-state index in [1.807, 2.05) is 121 Å². The molecule has 0 saturated heterocycles. The Balaban J connectivity index is 1.70. The summed E-state index contributed by atoms with van der Waals surface area (Å²) >= 11 is 0. The van der Waals surface area contributed by atoms with Crippen LogP contribution >= 0.6 is 0 Å². The van der Waals surface area contributed by atoms with Gasteiger partial charge in [0.1, 0.15) is 24.2 Å². The molecule has 0 aliphatic carbocycles. The number of amides is 5. The number of benzene rings is 4. The zero-order chi connectivity index (χ0) is 36.9. The highest BCUT2D eigenvalue weighted by Gasteiger charge is 2.39. The summed E-state index contributed by atoms with van der Waals surface area (Å²) in [7, 11) is 4.62. The topological polar surface area (TPSA) is 133 Å². The number of likely N-dealkylation sites (N-methyl/N-ethyl adjacent to an activating group) is 3. The van der Waals surface area contributed by atoms with Gasteiger partial charge < -0.3 is 25.8 Å². The van der Waals surface area contributed by atoms with Crippen molar-refractivity contribution in [3.8, 4) is 0 Å². The third-order valence-corrected chi connectivity index (χ3v) is 9.12. The van der Waals surface area contributed by atoms with Crippen molar-refractivity contribution in [2.24, 2.45) is 5.73 Å². The second-order valence-electron chi connectivity index (χ2n) is 12.8. The number of carbonyl (C=O) groups is 5. The molecule has 10 heteroatoms. The molecule has 0 aliphatic heterocycles. The molecule has 0 aromatic heterocycles. The number of nitrogens with zero attached hydrogens (tertiary/aromatic N) is 3. The summed E-state index contributed by atoms with van der Waals surface area (Å²) in [4.78, 5) is 72.4. The van der Waals surface area contributed by atoms with E-state index in [1.54, 1.807) is 14.1 Å². The molecule has 0 saturated carbocycles. The minimum atomic E-state index is -1.04. The van der Waals surface area contributed by atoms with Gasteiger partial charge in [-0.1, -0.05) is 121 Å². The monoisotopic (exact) mass is 689 g/mol. The number of hydrogen-bond acceptors (Lipinski definition) is 5. The highest BCUT2D eigenvalue weighted by atomic mass is 16.2. The van der Waals surface area contributed by atoms with Crippen LogP contribution in [-0.4, -0.2) is 89.5 Å². The lowest BCUT2D eigenvalue weighted by Crippen LogP contribution is -2.60. The van der Waals surface area contributed by atoms with Crippen molar-refractivity contribution in [3.05, 3.63) is 144 Å². The summed E-state index contributed by atoms with van der Waals surface area (Å²) in [5, 5.41) is 2.77. The van der Waals surface area contributed by atoms with E-state index in [2.05, 4.69) is 5.32 Å². The summed E-state index contributed by atoms with van der Waals surface area (Å²) < 4.78 is 0. The lowest BCUT2D eigenvalue weighted by atomic mass is 9.98. The van der Waals surface area contributed by atoms with Gasteiger partial charge in [0, 0.05) is 53.8 Å². The summed E-state index contributed by atoms with van der Waals surface area (Å²) in [6.45, 7) is 1.35. The minimum Gasteiger partial charge on any atom is -0.368 e. The molecule has 0 fully saturated rings. The maximum atomic E-state index is 14.7. The van der Waals surface area contributed by atoms with E-state index in [9.17, 15) is 24.0 Å². The number of rotatable bonds is 16. The fourth-order valence-corrected chi connectivity index (χ4v) is 6.19. The number of nitrogens with one attached hydrogen (secondary N) is 1. The number of nitrogens with two attached hydrogens (primary N) is 1. The van der Waals surface area contributed by atoms with Crippen molar-refractivity contribution in [2.45, 2.75) is 56.8 Å². The molecule has 4 rings (SSSR count). The first kappa shape index (κ1) is 38.0. The molecule has 5 amide bonds. The Labute approximate surface area is 300 Å². The van der Waals surface area contributed by atoms with Crippen LogP contribution in [0.15, 0.2) is 121 Å². The summed E-state index contributed by atoms with van der Waals surface area (Å²) in [6, 6.07) is 33.2. The van der Waals surface area contributed by atoms with Gasteiger partial charge in [0.05, 0.1) is 0 Å². The van der Waals surface area contributed by atoms with Crippen LogP contribution < -0.4 is 11.1 Å². The maximum absolute atomic E-state index is 14.7. The van der Waals surface area contributed by atoms with E-state index in [-0.39, 0.29) is 31.6 Å². The molecule has 266 valence electrons. The van der Waals surface area contributed by atoms with E-state index >= 15 is 0 Å². The van der Waals surface area contributed by atoms with Crippen molar-refractivity contribution in [3.63, 3.8) is 0 Å². The number of hydrogen-bond donors (Lipinski definition) is 2. The zero-order valence-corrected chi connectivity index (χ0v) is 29.6. The van der Waals surface area contributed by atoms with Gasteiger partial charge in [0.25, 0.3) is 0 Å². The van der Waals surface area contributed by atoms with Crippen molar-refractivity contribution in [1.29, 1.82) is 0 Å². The molecule has 0 radical (unpaired) electrons. The first-order valence-corrected chi connectivity index (χ1v) is 17.0. The van der Waals surface area contributed by atoms with E-state index in [1.165, 1.54) is 28.7 Å². The van der Waals surface area contributed by atoms with E-state index in [4.69, 9.17) is 5.73 Å². The predicted molar refractivity (Wildman–Crippen MR) is 197 cm³/mol. The molecular formula is C41H47N5O5. The van der Waals surface area contributed by atoms with Crippen LogP contribution in [-0.2, 0) is 49.7 Å². The van der Waals surface area contributed by atoms with Crippen LogP contribution in [0.1, 0.15) is 29.2 Å². The normalized spacial score (nSPS) is 13.2. The molecule has 0 spiro atoms.